The van der Waals surface area contributed by atoms with Crippen molar-refractivity contribution in [3.63, 3.8) is 0 Å². The number of carbonyl (C=O) groups excluding carboxylic acids is 3. The van der Waals surface area contributed by atoms with Gasteiger partial charge in [-0.1, -0.05) is 47.5 Å². The second-order valence-electron chi connectivity index (χ2n) is 10.9. The first-order chi connectivity index (χ1) is 17.0. The molecular formula is C25H50N4O7S. The third-order valence-corrected chi connectivity index (χ3v) is 7.09. The fraction of sp³-hybridized carbons (Fsp3) is 0.880. The number of amides is 3. The monoisotopic (exact) mass is 550 g/mol. The third-order valence-electron chi connectivity index (χ3n) is 6.28. The highest BCUT2D eigenvalue weighted by Crippen LogP contribution is 2.25. The van der Waals surface area contributed by atoms with Gasteiger partial charge in [0.25, 0.3) is 0 Å². The second-order valence-corrected chi connectivity index (χ2v) is 12.4. The van der Waals surface area contributed by atoms with E-state index in [9.17, 15) is 33.9 Å². The summed E-state index contributed by atoms with van der Waals surface area (Å²) in [7, 11) is -1.26. The standard InChI is InChI=1S/C25H50N4O7S/c1-8-9-10-11-20(31)29-21(17(4)5)23(33)27-18(12-13-37(7)36)22(32)28-19(14-16(2)3)25(34,35)24(6,26)15-30/h16-19,21,30,34-35H,8-15,26H2,1-7H3,(H,27,33)(H,28,32)(H,29,31)/t18-,19-,21-,24-,37+/m0/s1. The predicted octanol–water partition coefficient (Wildman–Crippen LogP) is -0.118. The van der Waals surface area contributed by atoms with E-state index in [4.69, 9.17) is 5.73 Å². The number of aliphatic hydroxyl groups excluding tert-OH is 1. The van der Waals surface area contributed by atoms with E-state index >= 15 is 0 Å². The molecule has 3 amide bonds. The summed E-state index contributed by atoms with van der Waals surface area (Å²) in [5.41, 5.74) is 4.06. The van der Waals surface area contributed by atoms with Gasteiger partial charge in [-0.25, -0.2) is 0 Å². The van der Waals surface area contributed by atoms with Crippen molar-refractivity contribution < 1.29 is 33.9 Å². The molecule has 0 aromatic heterocycles. The average molecular weight is 551 g/mol. The highest BCUT2D eigenvalue weighted by Gasteiger charge is 2.49. The minimum Gasteiger partial charge on any atom is -0.394 e. The van der Waals surface area contributed by atoms with Gasteiger partial charge in [-0.05, 0) is 38.0 Å². The van der Waals surface area contributed by atoms with Gasteiger partial charge in [0.15, 0.2) is 0 Å². The van der Waals surface area contributed by atoms with Crippen molar-refractivity contribution in [1.29, 1.82) is 0 Å². The first-order valence-corrected chi connectivity index (χ1v) is 14.8. The van der Waals surface area contributed by atoms with Gasteiger partial charge in [-0.15, -0.1) is 0 Å². The fourth-order valence-electron chi connectivity index (χ4n) is 3.71. The zero-order chi connectivity index (χ0) is 29.0. The summed E-state index contributed by atoms with van der Waals surface area (Å²) < 4.78 is 11.8. The fourth-order valence-corrected chi connectivity index (χ4v) is 4.28. The van der Waals surface area contributed by atoms with E-state index in [2.05, 4.69) is 16.0 Å². The number of aliphatic hydroxyl groups is 3. The molecule has 8 N–H and O–H groups in total. The lowest BCUT2D eigenvalue weighted by Crippen LogP contribution is -2.71. The summed E-state index contributed by atoms with van der Waals surface area (Å²) in [6.45, 7) is 9.70. The van der Waals surface area contributed by atoms with Crippen LogP contribution in [0.25, 0.3) is 0 Å². The Kier molecular flexibility index (Phi) is 15.7. The molecule has 0 aliphatic carbocycles. The van der Waals surface area contributed by atoms with E-state index in [1.807, 2.05) is 20.8 Å². The summed E-state index contributed by atoms with van der Waals surface area (Å²) in [6, 6.07) is -3.31. The van der Waals surface area contributed by atoms with Gasteiger partial charge in [-0.3, -0.25) is 18.6 Å². The van der Waals surface area contributed by atoms with Crippen molar-refractivity contribution in [3.05, 3.63) is 0 Å². The third kappa shape index (κ3) is 12.2. The molecule has 0 aromatic rings. The van der Waals surface area contributed by atoms with Crippen LogP contribution in [0.5, 0.6) is 0 Å². The highest BCUT2D eigenvalue weighted by molar-refractivity contribution is 7.84. The van der Waals surface area contributed by atoms with E-state index in [1.165, 1.54) is 13.2 Å². The van der Waals surface area contributed by atoms with Crippen LogP contribution >= 0.6 is 0 Å². The maximum absolute atomic E-state index is 13.3. The zero-order valence-electron chi connectivity index (χ0n) is 23.5. The number of nitrogens with two attached hydrogens (primary N) is 1. The second kappa shape index (κ2) is 16.4. The Hall–Kier alpha value is -1.60. The summed E-state index contributed by atoms with van der Waals surface area (Å²) in [5, 5.41) is 39.1. The van der Waals surface area contributed by atoms with Crippen molar-refractivity contribution >= 4 is 28.5 Å². The Balaban J connectivity index is 5.82. The van der Waals surface area contributed by atoms with Crippen molar-refractivity contribution in [3.8, 4) is 0 Å². The van der Waals surface area contributed by atoms with Crippen molar-refractivity contribution in [2.45, 2.75) is 110 Å². The SMILES string of the molecule is CCCCCC(=O)N[C@H](C(=O)N[C@@H](CC[S@@](C)=O)C(=O)N[C@@H](CC(C)C)C(O)(O)[C@@](C)(N)CO)C(C)C. The Morgan fingerprint density at radius 2 is 1.59 bits per heavy atom. The number of rotatable bonds is 18. The molecule has 0 rings (SSSR count). The molecule has 218 valence electrons. The Morgan fingerprint density at radius 3 is 2.05 bits per heavy atom. The van der Waals surface area contributed by atoms with Gasteiger partial charge < -0.3 is 37.0 Å². The molecule has 0 bridgehead atoms. The number of carbonyl (C=O) groups is 3. The maximum Gasteiger partial charge on any atom is 0.243 e. The maximum atomic E-state index is 13.3. The molecule has 0 aliphatic heterocycles. The molecule has 0 heterocycles. The molecule has 12 heteroatoms. The van der Waals surface area contributed by atoms with Crippen LogP contribution in [-0.2, 0) is 25.2 Å². The number of unbranched alkanes of at least 4 members (excludes halogenated alkanes) is 2. The van der Waals surface area contributed by atoms with Crippen molar-refractivity contribution in [2.75, 3.05) is 18.6 Å². The average Bonchev–Trinajstić information content (AvgIpc) is 2.78. The molecule has 0 aromatic carbocycles. The lowest BCUT2D eigenvalue weighted by molar-refractivity contribution is -0.234. The first-order valence-electron chi connectivity index (χ1n) is 13.0. The molecule has 0 aliphatic rings. The van der Waals surface area contributed by atoms with E-state index in [-0.39, 0.29) is 42.8 Å². The van der Waals surface area contributed by atoms with Crippen molar-refractivity contribution in [1.82, 2.24) is 16.0 Å². The largest absolute Gasteiger partial charge is 0.394 e. The molecule has 0 fully saturated rings. The number of nitrogens with one attached hydrogen (secondary N) is 3. The van der Waals surface area contributed by atoms with Crippen LogP contribution in [0.1, 0.15) is 80.1 Å². The van der Waals surface area contributed by atoms with E-state index < -0.39 is 58.7 Å². The molecule has 37 heavy (non-hydrogen) atoms. The summed E-state index contributed by atoms with van der Waals surface area (Å²) in [6.07, 6.45) is 4.46. The summed E-state index contributed by atoms with van der Waals surface area (Å²) in [4.78, 5) is 38.8. The lowest BCUT2D eigenvalue weighted by Gasteiger charge is -2.43. The van der Waals surface area contributed by atoms with Gasteiger partial charge >= 0.3 is 0 Å². The van der Waals surface area contributed by atoms with Crippen LogP contribution in [0, 0.1) is 11.8 Å². The first kappa shape index (κ1) is 35.4. The van der Waals surface area contributed by atoms with E-state index in [0.29, 0.717) is 6.42 Å². The van der Waals surface area contributed by atoms with E-state index in [1.54, 1.807) is 13.8 Å². The van der Waals surface area contributed by atoms with Gasteiger partial charge in [0.05, 0.1) is 18.2 Å². The highest BCUT2D eigenvalue weighted by atomic mass is 32.2. The molecule has 0 radical (unpaired) electrons. The van der Waals surface area contributed by atoms with Crippen LogP contribution in [0.4, 0.5) is 0 Å². The van der Waals surface area contributed by atoms with Crippen LogP contribution in [0.2, 0.25) is 0 Å². The molecule has 0 saturated heterocycles. The van der Waals surface area contributed by atoms with Gasteiger partial charge in [0.2, 0.25) is 23.5 Å². The molecular weight excluding hydrogens is 500 g/mol. The predicted molar refractivity (Wildman–Crippen MR) is 145 cm³/mol. The van der Waals surface area contributed by atoms with Crippen molar-refractivity contribution in [2.24, 2.45) is 17.6 Å². The van der Waals surface area contributed by atoms with Gasteiger partial charge in [0.1, 0.15) is 12.1 Å². The lowest BCUT2D eigenvalue weighted by atomic mass is 9.83. The van der Waals surface area contributed by atoms with Crippen LogP contribution in [0.3, 0.4) is 0 Å². The molecule has 11 nitrogen and oxygen atoms in total. The van der Waals surface area contributed by atoms with Crippen LogP contribution in [0.15, 0.2) is 0 Å². The molecule has 0 spiro atoms. The topological polar surface area (TPSA) is 191 Å². The summed E-state index contributed by atoms with van der Waals surface area (Å²) in [5.74, 6) is -4.46. The minimum absolute atomic E-state index is 0.0219. The molecule has 0 saturated carbocycles. The quantitative estimate of drug-likeness (QED) is 0.0907. The van der Waals surface area contributed by atoms with Crippen LogP contribution in [-0.4, -0.2) is 85.3 Å². The van der Waals surface area contributed by atoms with Crippen LogP contribution < -0.4 is 21.7 Å². The zero-order valence-corrected chi connectivity index (χ0v) is 24.3. The number of hydrogen-bond acceptors (Lipinski definition) is 8. The normalized spacial score (nSPS) is 17.0. The Labute approximate surface area is 224 Å². The molecule has 0 unspecified atom stereocenters. The smallest absolute Gasteiger partial charge is 0.243 e. The Bertz CT molecular complexity index is 759. The molecule has 5 atom stereocenters. The summed E-state index contributed by atoms with van der Waals surface area (Å²) >= 11 is 0. The minimum atomic E-state index is -2.67. The van der Waals surface area contributed by atoms with E-state index in [0.717, 1.165) is 12.8 Å². The van der Waals surface area contributed by atoms with Gasteiger partial charge in [-0.2, -0.15) is 0 Å². The number of hydrogen-bond donors (Lipinski definition) is 7. The van der Waals surface area contributed by atoms with Gasteiger partial charge in [0, 0.05) is 29.2 Å². The Morgan fingerprint density at radius 1 is 1.00 bits per heavy atom.